The zero-order valence-corrected chi connectivity index (χ0v) is 11.0. The topological polar surface area (TPSA) is 65.2 Å². The van der Waals surface area contributed by atoms with Crippen LogP contribution in [0, 0.1) is 0 Å². The molecule has 4 heteroatoms. The van der Waals surface area contributed by atoms with Gasteiger partial charge in [-0.15, -0.1) is 0 Å². The summed E-state index contributed by atoms with van der Waals surface area (Å²) in [5.74, 6) is 0.523. The number of phenolic OH excluding ortho intramolecular Hbond substituents is 2. The van der Waals surface area contributed by atoms with E-state index in [0.29, 0.717) is 12.8 Å². The van der Waals surface area contributed by atoms with Crippen molar-refractivity contribution in [2.75, 3.05) is 0 Å². The molecule has 0 saturated carbocycles. The van der Waals surface area contributed by atoms with E-state index in [9.17, 15) is 0 Å². The molecule has 2 aromatic carbocycles. The van der Waals surface area contributed by atoms with E-state index >= 15 is 0 Å². The molecule has 0 fully saturated rings. The third-order valence-corrected chi connectivity index (χ3v) is 2.76. The van der Waals surface area contributed by atoms with Crippen LogP contribution in [0.3, 0.4) is 0 Å². The molecule has 0 unspecified atom stereocenters. The van der Waals surface area contributed by atoms with Crippen molar-refractivity contribution in [2.45, 2.75) is 12.8 Å². The minimum Gasteiger partial charge on any atom is -0.508 e. The Labute approximate surface area is 117 Å². The maximum Gasteiger partial charge on any atom is 0.115 e. The molecular formula is C16H16N2O2. The van der Waals surface area contributed by atoms with Crippen LogP contribution in [0.4, 0.5) is 0 Å². The zero-order valence-electron chi connectivity index (χ0n) is 11.0. The van der Waals surface area contributed by atoms with Crippen LogP contribution < -0.4 is 0 Å². The predicted molar refractivity (Wildman–Crippen MR) is 80.6 cm³/mol. The molecule has 0 saturated heterocycles. The summed E-state index contributed by atoms with van der Waals surface area (Å²) in [5, 5.41) is 26.2. The highest BCUT2D eigenvalue weighted by atomic mass is 16.3. The Morgan fingerprint density at radius 2 is 1.00 bits per heavy atom. The summed E-state index contributed by atoms with van der Waals surface area (Å²) in [4.78, 5) is 0. The Balaban J connectivity index is 1.76. The summed E-state index contributed by atoms with van der Waals surface area (Å²) in [7, 11) is 0. The number of hydrogen-bond acceptors (Lipinski definition) is 4. The zero-order chi connectivity index (χ0) is 14.2. The summed E-state index contributed by atoms with van der Waals surface area (Å²) < 4.78 is 0. The highest BCUT2D eigenvalue weighted by molar-refractivity contribution is 5.65. The fraction of sp³-hybridized carbons (Fsp3) is 0.125. The van der Waals surface area contributed by atoms with Gasteiger partial charge in [-0.3, -0.25) is 0 Å². The third kappa shape index (κ3) is 4.57. The van der Waals surface area contributed by atoms with Gasteiger partial charge in [0, 0.05) is 25.3 Å². The quantitative estimate of drug-likeness (QED) is 0.646. The molecule has 102 valence electrons. The molecule has 0 atom stereocenters. The number of phenols is 2. The van der Waals surface area contributed by atoms with Crippen molar-refractivity contribution in [3.63, 3.8) is 0 Å². The molecule has 0 spiro atoms. The SMILES string of the molecule is Oc1ccc(C/C=N/N=C/Cc2ccc(O)cc2)cc1. The van der Waals surface area contributed by atoms with E-state index in [0.717, 1.165) is 11.1 Å². The third-order valence-electron chi connectivity index (χ3n) is 2.76. The standard InChI is InChI=1S/C16H16N2O2/c19-15-5-1-13(2-6-15)9-11-17-18-12-10-14-3-7-16(20)8-4-14/h1-8,11-12,19-20H,9-10H2/b17-11+,18-12+. The first-order valence-corrected chi connectivity index (χ1v) is 6.33. The van der Waals surface area contributed by atoms with E-state index in [2.05, 4.69) is 10.2 Å². The lowest BCUT2D eigenvalue weighted by Crippen LogP contribution is -1.86. The first-order valence-electron chi connectivity index (χ1n) is 6.33. The molecule has 0 heterocycles. The molecule has 0 aliphatic heterocycles. The van der Waals surface area contributed by atoms with Crippen LogP contribution in [0.15, 0.2) is 58.7 Å². The average molecular weight is 268 g/mol. The second-order valence-electron chi connectivity index (χ2n) is 4.34. The summed E-state index contributed by atoms with van der Waals surface area (Å²) >= 11 is 0. The second kappa shape index (κ2) is 7.09. The van der Waals surface area contributed by atoms with Gasteiger partial charge in [-0.25, -0.2) is 0 Å². The van der Waals surface area contributed by atoms with Gasteiger partial charge in [0.05, 0.1) is 0 Å². The lowest BCUT2D eigenvalue weighted by Gasteiger charge is -1.95. The predicted octanol–water partition coefficient (Wildman–Crippen LogP) is 2.94. The monoisotopic (exact) mass is 268 g/mol. The molecule has 20 heavy (non-hydrogen) atoms. The van der Waals surface area contributed by atoms with Gasteiger partial charge >= 0.3 is 0 Å². The van der Waals surface area contributed by atoms with Crippen LogP contribution in [-0.2, 0) is 12.8 Å². The van der Waals surface area contributed by atoms with Gasteiger partial charge in [0.25, 0.3) is 0 Å². The summed E-state index contributed by atoms with van der Waals surface area (Å²) in [5.41, 5.74) is 2.14. The van der Waals surface area contributed by atoms with Crippen molar-refractivity contribution < 1.29 is 10.2 Å². The van der Waals surface area contributed by atoms with Gasteiger partial charge in [0.2, 0.25) is 0 Å². The van der Waals surface area contributed by atoms with Gasteiger partial charge in [-0.05, 0) is 35.4 Å². The van der Waals surface area contributed by atoms with Gasteiger partial charge in [0.1, 0.15) is 11.5 Å². The van der Waals surface area contributed by atoms with Gasteiger partial charge in [0.15, 0.2) is 0 Å². The molecule has 2 aromatic rings. The second-order valence-corrected chi connectivity index (χ2v) is 4.34. The van der Waals surface area contributed by atoms with Crippen LogP contribution in [-0.4, -0.2) is 22.6 Å². The molecule has 0 amide bonds. The van der Waals surface area contributed by atoms with E-state index in [4.69, 9.17) is 10.2 Å². The van der Waals surface area contributed by atoms with Crippen LogP contribution in [0.1, 0.15) is 11.1 Å². The smallest absolute Gasteiger partial charge is 0.115 e. The Morgan fingerprint density at radius 1 is 0.650 bits per heavy atom. The molecule has 2 N–H and O–H groups in total. The summed E-state index contributed by atoms with van der Waals surface area (Å²) in [6.07, 6.45) is 4.80. The molecule has 0 radical (unpaired) electrons. The Hall–Kier alpha value is -2.62. The number of hydrogen-bond donors (Lipinski definition) is 2. The van der Waals surface area contributed by atoms with Gasteiger partial charge in [-0.1, -0.05) is 24.3 Å². The van der Waals surface area contributed by atoms with Crippen LogP contribution in [0.2, 0.25) is 0 Å². The first kappa shape index (κ1) is 13.8. The Bertz CT molecular complexity index is 531. The Morgan fingerprint density at radius 3 is 1.35 bits per heavy atom. The minimum absolute atomic E-state index is 0.262. The highest BCUT2D eigenvalue weighted by Crippen LogP contribution is 2.10. The van der Waals surface area contributed by atoms with Crippen molar-refractivity contribution in [3.8, 4) is 11.5 Å². The largest absolute Gasteiger partial charge is 0.508 e. The number of nitrogens with zero attached hydrogens (tertiary/aromatic N) is 2. The van der Waals surface area contributed by atoms with E-state index in [1.54, 1.807) is 36.7 Å². The minimum atomic E-state index is 0.262. The van der Waals surface area contributed by atoms with Crippen molar-refractivity contribution in [2.24, 2.45) is 10.2 Å². The van der Waals surface area contributed by atoms with Crippen LogP contribution >= 0.6 is 0 Å². The van der Waals surface area contributed by atoms with Gasteiger partial charge < -0.3 is 10.2 Å². The number of rotatable bonds is 5. The van der Waals surface area contributed by atoms with Crippen LogP contribution in [0.5, 0.6) is 11.5 Å². The fourth-order valence-electron chi connectivity index (χ4n) is 1.65. The summed E-state index contributed by atoms with van der Waals surface area (Å²) in [6, 6.07) is 14.0. The van der Waals surface area contributed by atoms with E-state index in [1.807, 2.05) is 24.3 Å². The average Bonchev–Trinajstić information content (AvgIpc) is 2.46. The lowest BCUT2D eigenvalue weighted by molar-refractivity contribution is 0.474. The lowest BCUT2D eigenvalue weighted by atomic mass is 10.2. The van der Waals surface area contributed by atoms with Crippen LogP contribution in [0.25, 0.3) is 0 Å². The maximum atomic E-state index is 9.15. The number of benzene rings is 2. The molecule has 0 aromatic heterocycles. The van der Waals surface area contributed by atoms with E-state index in [-0.39, 0.29) is 11.5 Å². The number of aromatic hydroxyl groups is 2. The molecule has 0 aliphatic carbocycles. The molecular weight excluding hydrogens is 252 g/mol. The fourth-order valence-corrected chi connectivity index (χ4v) is 1.65. The molecule has 0 bridgehead atoms. The van der Waals surface area contributed by atoms with E-state index < -0.39 is 0 Å². The van der Waals surface area contributed by atoms with Crippen molar-refractivity contribution in [1.29, 1.82) is 0 Å². The maximum absolute atomic E-state index is 9.15. The molecule has 4 nitrogen and oxygen atoms in total. The van der Waals surface area contributed by atoms with E-state index in [1.165, 1.54) is 0 Å². The first-order chi connectivity index (χ1) is 9.74. The highest BCUT2D eigenvalue weighted by Gasteiger charge is 1.91. The summed E-state index contributed by atoms with van der Waals surface area (Å²) in [6.45, 7) is 0. The molecule has 2 rings (SSSR count). The van der Waals surface area contributed by atoms with Crippen molar-refractivity contribution in [1.82, 2.24) is 0 Å². The Kier molecular flexibility index (Phi) is 4.89. The normalized spacial score (nSPS) is 11.4. The van der Waals surface area contributed by atoms with Crippen molar-refractivity contribution >= 4 is 12.4 Å². The van der Waals surface area contributed by atoms with Gasteiger partial charge in [-0.2, -0.15) is 10.2 Å². The van der Waals surface area contributed by atoms with Crippen molar-refractivity contribution in [3.05, 3.63) is 59.7 Å². The molecule has 0 aliphatic rings.